The van der Waals surface area contributed by atoms with Crippen molar-refractivity contribution in [2.75, 3.05) is 25.4 Å². The number of amides is 2. The molecule has 3 heterocycles. The maximum absolute atomic E-state index is 13.7. The maximum Gasteiger partial charge on any atom is 0.253 e. The van der Waals surface area contributed by atoms with Gasteiger partial charge in [-0.3, -0.25) is 9.59 Å². The van der Waals surface area contributed by atoms with Gasteiger partial charge in [-0.1, -0.05) is 17.7 Å². The average Bonchev–Trinajstić information content (AvgIpc) is 3.23. The Balaban J connectivity index is 1.57. The summed E-state index contributed by atoms with van der Waals surface area (Å²) in [6, 6.07) is 10.0. The topological polar surface area (TPSA) is 102 Å². The Labute approximate surface area is 221 Å². The first-order valence-corrected chi connectivity index (χ1v) is 14.9. The summed E-state index contributed by atoms with van der Waals surface area (Å²) >= 11 is 10.7. The molecule has 1 aromatic carbocycles. The largest absolute Gasteiger partial charge is 0.350 e. The molecule has 2 aliphatic heterocycles. The van der Waals surface area contributed by atoms with Gasteiger partial charge in [-0.05, 0) is 65.5 Å². The Morgan fingerprint density at radius 2 is 2.09 bits per heavy atom. The molecule has 1 aromatic heterocycles. The number of rotatable bonds is 6. The third-order valence-corrected chi connectivity index (χ3v) is 11.0. The second kappa shape index (κ2) is 11.3. The molecule has 2 atom stereocenters. The first-order chi connectivity index (χ1) is 16.7. The summed E-state index contributed by atoms with van der Waals surface area (Å²) < 4.78 is 32.2. The molecule has 2 aliphatic rings. The number of nitrogens with zero attached hydrogens (tertiary/aromatic N) is 1. The summed E-state index contributed by atoms with van der Waals surface area (Å²) in [5.74, 6) is -1.12. The van der Waals surface area contributed by atoms with Crippen LogP contribution in [0.4, 0.5) is 0 Å². The van der Waals surface area contributed by atoms with Crippen molar-refractivity contribution in [2.45, 2.75) is 43.1 Å². The van der Waals surface area contributed by atoms with Gasteiger partial charge in [0.05, 0.1) is 16.0 Å². The summed E-state index contributed by atoms with van der Waals surface area (Å²) in [4.78, 5) is 33.5. The van der Waals surface area contributed by atoms with Gasteiger partial charge in [0.25, 0.3) is 5.91 Å². The minimum absolute atomic E-state index is 0.0238. The summed E-state index contributed by atoms with van der Waals surface area (Å²) in [7, 11) is -3.83. The molecule has 4 rings (SSSR count). The molecule has 2 saturated heterocycles. The molecule has 12 heteroatoms. The van der Waals surface area contributed by atoms with Crippen LogP contribution >= 0.6 is 38.9 Å². The van der Waals surface area contributed by atoms with Crippen LogP contribution in [0.1, 0.15) is 47.3 Å². The van der Waals surface area contributed by atoms with Crippen molar-refractivity contribution in [3.8, 4) is 0 Å². The van der Waals surface area contributed by atoms with E-state index in [1.165, 1.54) is 16.2 Å². The predicted octanol–water partition coefficient (Wildman–Crippen LogP) is 4.28. The number of nitrogens with one attached hydrogen (secondary N) is 1. The molecule has 0 radical (unpaired) electrons. The Morgan fingerprint density at radius 3 is 2.77 bits per heavy atom. The number of hydroxylamine groups is 1. The molecule has 2 unspecified atom stereocenters. The van der Waals surface area contributed by atoms with Crippen LogP contribution in [-0.2, 0) is 29.0 Å². The van der Waals surface area contributed by atoms with E-state index in [4.69, 9.17) is 21.2 Å². The van der Waals surface area contributed by atoms with Gasteiger partial charge in [0.2, 0.25) is 5.91 Å². The van der Waals surface area contributed by atoms with Crippen molar-refractivity contribution in [1.82, 2.24) is 10.4 Å². The molecule has 2 fully saturated rings. The maximum atomic E-state index is 13.7. The number of halogens is 2. The summed E-state index contributed by atoms with van der Waals surface area (Å²) in [6.07, 6.45) is 1.72. The molecule has 0 saturated carbocycles. The van der Waals surface area contributed by atoms with Crippen molar-refractivity contribution in [1.29, 1.82) is 0 Å². The third-order valence-electron chi connectivity index (χ3n) is 6.28. The van der Waals surface area contributed by atoms with E-state index in [0.29, 0.717) is 28.5 Å². The molecule has 0 aliphatic carbocycles. The van der Waals surface area contributed by atoms with Crippen molar-refractivity contribution >= 4 is 60.5 Å². The lowest BCUT2D eigenvalue weighted by atomic mass is 9.97. The highest BCUT2D eigenvalue weighted by atomic mass is 79.9. The van der Waals surface area contributed by atoms with Gasteiger partial charge in [-0.2, -0.15) is 0 Å². The van der Waals surface area contributed by atoms with Gasteiger partial charge in [0.1, 0.15) is 4.75 Å². The van der Waals surface area contributed by atoms with Crippen LogP contribution in [0.5, 0.6) is 0 Å². The number of benzene rings is 1. The zero-order chi connectivity index (χ0) is 25.1. The molecule has 0 spiro atoms. The fourth-order valence-electron chi connectivity index (χ4n) is 4.37. The van der Waals surface area contributed by atoms with Crippen LogP contribution < -0.4 is 5.48 Å². The Kier molecular flexibility index (Phi) is 8.55. The molecule has 35 heavy (non-hydrogen) atoms. The Morgan fingerprint density at radius 1 is 1.26 bits per heavy atom. The minimum Gasteiger partial charge on any atom is -0.350 e. The average molecular weight is 606 g/mol. The minimum atomic E-state index is -3.83. The monoisotopic (exact) mass is 604 g/mol. The standard InChI is InChI=1S/C23H26BrClN2O6S2/c24-19-8-7-18(34-19)23(15-20(28)26-33-21-6-1-2-12-32-21)9-10-27(11-13-35(23,30)31)22(29)16-4-3-5-17(25)14-16/h3-5,7-8,14,21H,1-2,6,9-13,15H2,(H,26,28). The van der Waals surface area contributed by atoms with Crippen LogP contribution in [0.25, 0.3) is 0 Å². The van der Waals surface area contributed by atoms with Gasteiger partial charge in [-0.25, -0.2) is 18.7 Å². The lowest BCUT2D eigenvalue weighted by molar-refractivity contribution is -0.200. The van der Waals surface area contributed by atoms with E-state index in [2.05, 4.69) is 21.4 Å². The lowest BCUT2D eigenvalue weighted by Crippen LogP contribution is -2.43. The molecule has 8 nitrogen and oxygen atoms in total. The SMILES string of the molecule is O=C(CC1(c2ccc(Br)s2)CCN(C(=O)c2cccc(Cl)c2)CCS1(=O)=O)NOC1CCCCO1. The molecule has 190 valence electrons. The zero-order valence-electron chi connectivity index (χ0n) is 18.9. The fraction of sp³-hybridized carbons (Fsp3) is 0.478. The summed E-state index contributed by atoms with van der Waals surface area (Å²) in [6.45, 7) is 0.745. The van der Waals surface area contributed by atoms with Crippen LogP contribution in [0.15, 0.2) is 40.2 Å². The second-order valence-corrected chi connectivity index (χ2v) is 13.9. The first-order valence-electron chi connectivity index (χ1n) is 11.3. The van der Waals surface area contributed by atoms with E-state index < -0.39 is 26.8 Å². The van der Waals surface area contributed by atoms with E-state index in [-0.39, 0.29) is 37.6 Å². The van der Waals surface area contributed by atoms with E-state index >= 15 is 0 Å². The molecular formula is C23H26BrClN2O6S2. The van der Waals surface area contributed by atoms with E-state index in [1.807, 2.05) is 0 Å². The normalized spacial score (nSPS) is 24.5. The highest BCUT2D eigenvalue weighted by Crippen LogP contribution is 2.44. The molecule has 2 amide bonds. The van der Waals surface area contributed by atoms with Crippen LogP contribution in [-0.4, -0.2) is 56.9 Å². The Hall–Kier alpha value is -1.50. The number of hydrogen-bond donors (Lipinski definition) is 1. The van der Waals surface area contributed by atoms with Gasteiger partial charge in [0.15, 0.2) is 16.1 Å². The fourth-order valence-corrected chi connectivity index (χ4v) is 8.54. The van der Waals surface area contributed by atoms with Gasteiger partial charge >= 0.3 is 0 Å². The highest BCUT2D eigenvalue weighted by molar-refractivity contribution is 9.11. The molecule has 0 bridgehead atoms. The Bertz CT molecular complexity index is 1180. The number of carbonyl (C=O) groups is 2. The number of hydrogen-bond acceptors (Lipinski definition) is 7. The van der Waals surface area contributed by atoms with E-state index in [0.717, 1.165) is 16.6 Å². The van der Waals surface area contributed by atoms with Crippen LogP contribution in [0.2, 0.25) is 5.02 Å². The van der Waals surface area contributed by atoms with Gasteiger partial charge in [-0.15, -0.1) is 11.3 Å². The van der Waals surface area contributed by atoms with Crippen LogP contribution in [0.3, 0.4) is 0 Å². The van der Waals surface area contributed by atoms with Crippen LogP contribution in [0, 0.1) is 0 Å². The quantitative estimate of drug-likeness (QED) is 0.493. The highest BCUT2D eigenvalue weighted by Gasteiger charge is 2.50. The zero-order valence-corrected chi connectivity index (χ0v) is 22.8. The molecular weight excluding hydrogens is 580 g/mol. The number of thiophene rings is 1. The number of sulfone groups is 1. The summed E-state index contributed by atoms with van der Waals surface area (Å²) in [5, 5.41) is 0.426. The third kappa shape index (κ3) is 6.08. The van der Waals surface area contributed by atoms with Crippen molar-refractivity contribution < 1.29 is 27.6 Å². The van der Waals surface area contributed by atoms with Gasteiger partial charge < -0.3 is 9.64 Å². The first kappa shape index (κ1) is 26.6. The smallest absolute Gasteiger partial charge is 0.253 e. The predicted molar refractivity (Wildman–Crippen MR) is 137 cm³/mol. The molecule has 2 aromatic rings. The van der Waals surface area contributed by atoms with E-state index in [1.54, 1.807) is 36.4 Å². The van der Waals surface area contributed by atoms with E-state index in [9.17, 15) is 18.0 Å². The van der Waals surface area contributed by atoms with Gasteiger partial charge in [0, 0.05) is 41.6 Å². The van der Waals surface area contributed by atoms with Crippen molar-refractivity contribution in [2.24, 2.45) is 0 Å². The molecule has 1 N–H and O–H groups in total. The van der Waals surface area contributed by atoms with Crippen molar-refractivity contribution in [3.05, 3.63) is 55.6 Å². The summed E-state index contributed by atoms with van der Waals surface area (Å²) in [5.41, 5.74) is 2.78. The second-order valence-electron chi connectivity index (χ2n) is 8.59. The number of ether oxygens (including phenoxy) is 1. The van der Waals surface area contributed by atoms with Crippen molar-refractivity contribution in [3.63, 3.8) is 0 Å². The lowest BCUT2D eigenvalue weighted by Gasteiger charge is -2.31. The number of carbonyl (C=O) groups excluding carboxylic acids is 2.